The van der Waals surface area contributed by atoms with Crippen molar-refractivity contribution in [3.63, 3.8) is 0 Å². The molecule has 92 valence electrons. The van der Waals surface area contributed by atoms with Gasteiger partial charge in [-0.2, -0.15) is 5.10 Å². The van der Waals surface area contributed by atoms with Gasteiger partial charge in [0.1, 0.15) is 12.1 Å². The second-order valence-corrected chi connectivity index (χ2v) is 4.12. The molecule has 17 heavy (non-hydrogen) atoms. The van der Waals surface area contributed by atoms with Crippen LogP contribution >= 0.6 is 0 Å². The first-order chi connectivity index (χ1) is 8.15. The zero-order valence-corrected chi connectivity index (χ0v) is 10.6. The van der Waals surface area contributed by atoms with Crippen LogP contribution in [-0.4, -0.2) is 46.6 Å². The van der Waals surface area contributed by atoms with Gasteiger partial charge in [-0.1, -0.05) is 0 Å². The van der Waals surface area contributed by atoms with Crippen molar-refractivity contribution in [2.24, 2.45) is 7.05 Å². The molecule has 0 aromatic carbocycles. The molecule has 0 aliphatic rings. The van der Waals surface area contributed by atoms with E-state index < -0.39 is 0 Å². The smallest absolute Gasteiger partial charge is 0.163 e. The normalized spacial score (nSPS) is 12.9. The highest BCUT2D eigenvalue weighted by atomic mass is 16.5. The number of rotatable bonds is 4. The van der Waals surface area contributed by atoms with Gasteiger partial charge in [0.2, 0.25) is 0 Å². The van der Waals surface area contributed by atoms with E-state index in [0.717, 1.165) is 16.9 Å². The Morgan fingerprint density at radius 2 is 2.24 bits per heavy atom. The average molecular weight is 235 g/mol. The summed E-state index contributed by atoms with van der Waals surface area (Å²) in [7, 11) is 5.57. The maximum Gasteiger partial charge on any atom is 0.163 e. The van der Waals surface area contributed by atoms with Crippen molar-refractivity contribution in [2.75, 3.05) is 25.7 Å². The Hall–Kier alpha value is -1.69. The van der Waals surface area contributed by atoms with Crippen molar-refractivity contribution in [1.82, 2.24) is 19.7 Å². The van der Waals surface area contributed by atoms with Gasteiger partial charge in [0.05, 0.1) is 24.2 Å². The lowest BCUT2D eigenvalue weighted by atomic mass is 10.3. The molecule has 6 nitrogen and oxygen atoms in total. The van der Waals surface area contributed by atoms with Crippen LogP contribution in [0.25, 0.3) is 11.0 Å². The van der Waals surface area contributed by atoms with E-state index in [9.17, 15) is 0 Å². The fourth-order valence-electron chi connectivity index (χ4n) is 1.79. The molecule has 0 saturated heterocycles. The molecule has 0 amide bonds. The Morgan fingerprint density at radius 3 is 2.94 bits per heavy atom. The van der Waals surface area contributed by atoms with Crippen LogP contribution in [0.3, 0.4) is 0 Å². The Bertz CT molecular complexity index is 510. The quantitative estimate of drug-likeness (QED) is 0.785. The third-order valence-corrected chi connectivity index (χ3v) is 2.91. The summed E-state index contributed by atoms with van der Waals surface area (Å²) in [6, 6.07) is 0.248. The van der Waals surface area contributed by atoms with Gasteiger partial charge >= 0.3 is 0 Å². The van der Waals surface area contributed by atoms with Gasteiger partial charge in [-0.05, 0) is 6.92 Å². The largest absolute Gasteiger partial charge is 0.383 e. The van der Waals surface area contributed by atoms with Gasteiger partial charge in [-0.15, -0.1) is 0 Å². The number of hydrogen-bond donors (Lipinski definition) is 0. The molecule has 0 fully saturated rings. The highest BCUT2D eigenvalue weighted by molar-refractivity contribution is 5.86. The molecule has 6 heteroatoms. The number of hydrogen-bond acceptors (Lipinski definition) is 5. The van der Waals surface area contributed by atoms with Gasteiger partial charge in [0.15, 0.2) is 5.65 Å². The van der Waals surface area contributed by atoms with Crippen molar-refractivity contribution >= 4 is 16.9 Å². The summed E-state index contributed by atoms with van der Waals surface area (Å²) < 4.78 is 6.90. The van der Waals surface area contributed by atoms with Crippen LogP contribution in [0.5, 0.6) is 0 Å². The van der Waals surface area contributed by atoms with Crippen LogP contribution in [0.4, 0.5) is 5.82 Å². The molecule has 2 rings (SSSR count). The predicted molar refractivity (Wildman–Crippen MR) is 66.0 cm³/mol. The molecule has 1 atom stereocenters. The summed E-state index contributed by atoms with van der Waals surface area (Å²) in [6.45, 7) is 2.75. The maximum absolute atomic E-state index is 5.16. The molecule has 0 unspecified atom stereocenters. The van der Waals surface area contributed by atoms with Crippen LogP contribution in [0.2, 0.25) is 0 Å². The van der Waals surface area contributed by atoms with Crippen molar-refractivity contribution in [2.45, 2.75) is 13.0 Å². The molecule has 2 aromatic heterocycles. The highest BCUT2D eigenvalue weighted by Gasteiger charge is 2.15. The molecular weight excluding hydrogens is 218 g/mol. The molecule has 0 aliphatic carbocycles. The maximum atomic E-state index is 5.16. The summed E-state index contributed by atoms with van der Waals surface area (Å²) in [5.41, 5.74) is 0.839. The average Bonchev–Trinajstić information content (AvgIpc) is 2.71. The van der Waals surface area contributed by atoms with Crippen molar-refractivity contribution in [1.29, 1.82) is 0 Å². The van der Waals surface area contributed by atoms with Crippen LogP contribution in [-0.2, 0) is 11.8 Å². The molecule has 0 aliphatic heterocycles. The lowest BCUT2D eigenvalue weighted by Gasteiger charge is -2.25. The van der Waals surface area contributed by atoms with E-state index in [1.807, 2.05) is 14.1 Å². The molecule has 0 bridgehead atoms. The van der Waals surface area contributed by atoms with Crippen LogP contribution < -0.4 is 4.90 Å². The van der Waals surface area contributed by atoms with Crippen molar-refractivity contribution in [3.8, 4) is 0 Å². The van der Waals surface area contributed by atoms with E-state index in [2.05, 4.69) is 26.9 Å². The van der Waals surface area contributed by atoms with Gasteiger partial charge < -0.3 is 9.64 Å². The van der Waals surface area contributed by atoms with E-state index in [1.165, 1.54) is 0 Å². The topological polar surface area (TPSA) is 56.1 Å². The number of fused-ring (bicyclic) bond motifs is 1. The minimum Gasteiger partial charge on any atom is -0.383 e. The van der Waals surface area contributed by atoms with Crippen molar-refractivity contribution < 1.29 is 4.74 Å². The monoisotopic (exact) mass is 235 g/mol. The first kappa shape index (κ1) is 11.8. The number of ether oxygens (including phenoxy) is 1. The van der Waals surface area contributed by atoms with Gasteiger partial charge in [0, 0.05) is 21.2 Å². The van der Waals surface area contributed by atoms with E-state index >= 15 is 0 Å². The SMILES string of the molecule is COC[C@H](C)N(C)c1ncnc2c1cnn2C. The summed E-state index contributed by atoms with van der Waals surface area (Å²) in [4.78, 5) is 10.6. The Labute approximate surface area is 100 Å². The van der Waals surface area contributed by atoms with E-state index in [-0.39, 0.29) is 6.04 Å². The second kappa shape index (κ2) is 4.67. The van der Waals surface area contributed by atoms with E-state index in [0.29, 0.717) is 6.61 Å². The lowest BCUT2D eigenvalue weighted by molar-refractivity contribution is 0.183. The number of aryl methyl sites for hydroxylation is 1. The number of nitrogens with zero attached hydrogens (tertiary/aromatic N) is 5. The molecular formula is C11H17N5O. The number of likely N-dealkylation sites (N-methyl/N-ethyl adjacent to an activating group) is 1. The molecule has 0 N–H and O–H groups in total. The molecule has 0 spiro atoms. The summed E-state index contributed by atoms with van der Waals surface area (Å²) >= 11 is 0. The summed E-state index contributed by atoms with van der Waals surface area (Å²) in [6.07, 6.45) is 3.36. The van der Waals surface area contributed by atoms with Gasteiger partial charge in [-0.25, -0.2) is 9.97 Å². The van der Waals surface area contributed by atoms with Crippen LogP contribution in [0, 0.1) is 0 Å². The zero-order valence-electron chi connectivity index (χ0n) is 10.6. The van der Waals surface area contributed by atoms with E-state index in [4.69, 9.17) is 4.74 Å². The molecule has 0 radical (unpaired) electrons. The highest BCUT2D eigenvalue weighted by Crippen LogP contribution is 2.22. The van der Waals surface area contributed by atoms with E-state index in [1.54, 1.807) is 24.3 Å². The molecule has 2 aromatic rings. The Morgan fingerprint density at radius 1 is 1.47 bits per heavy atom. The summed E-state index contributed by atoms with van der Waals surface area (Å²) in [5, 5.41) is 5.16. The summed E-state index contributed by atoms with van der Waals surface area (Å²) in [5.74, 6) is 0.882. The van der Waals surface area contributed by atoms with Crippen molar-refractivity contribution in [3.05, 3.63) is 12.5 Å². The second-order valence-electron chi connectivity index (χ2n) is 4.12. The Kier molecular flexibility index (Phi) is 3.23. The molecule has 2 heterocycles. The minimum atomic E-state index is 0.248. The minimum absolute atomic E-state index is 0.248. The Balaban J connectivity index is 2.41. The number of anilines is 1. The third kappa shape index (κ3) is 2.08. The zero-order chi connectivity index (χ0) is 12.4. The standard InChI is InChI=1S/C11H17N5O/c1-8(6-17-4)15(2)10-9-5-14-16(3)11(9)13-7-12-10/h5,7-8H,6H2,1-4H3/t8-/m0/s1. The van der Waals surface area contributed by atoms with Crippen LogP contribution in [0.1, 0.15) is 6.92 Å². The third-order valence-electron chi connectivity index (χ3n) is 2.91. The van der Waals surface area contributed by atoms with Crippen LogP contribution in [0.15, 0.2) is 12.5 Å². The number of aromatic nitrogens is 4. The first-order valence-corrected chi connectivity index (χ1v) is 5.49. The predicted octanol–water partition coefficient (Wildman–Crippen LogP) is 0.834. The van der Waals surface area contributed by atoms with Gasteiger partial charge in [0.25, 0.3) is 0 Å². The molecule has 0 saturated carbocycles. The number of methoxy groups -OCH3 is 1. The fraction of sp³-hybridized carbons (Fsp3) is 0.545. The fourth-order valence-corrected chi connectivity index (χ4v) is 1.79. The lowest BCUT2D eigenvalue weighted by Crippen LogP contribution is -2.33. The first-order valence-electron chi connectivity index (χ1n) is 5.49. The van der Waals surface area contributed by atoms with Gasteiger partial charge in [-0.3, -0.25) is 4.68 Å².